The van der Waals surface area contributed by atoms with E-state index in [1.807, 2.05) is 0 Å². The summed E-state index contributed by atoms with van der Waals surface area (Å²) >= 11 is 0. The van der Waals surface area contributed by atoms with Crippen molar-refractivity contribution in [2.45, 2.75) is 13.0 Å². The maximum absolute atomic E-state index is 13.7. The van der Waals surface area contributed by atoms with E-state index in [1.165, 1.54) is 12.1 Å². The number of fused-ring (bicyclic) bond motifs is 1. The molecule has 0 saturated heterocycles. The second kappa shape index (κ2) is 6.13. The lowest BCUT2D eigenvalue weighted by atomic mass is 10.0. The summed E-state index contributed by atoms with van der Waals surface area (Å²) in [6.07, 6.45) is 1.59. The van der Waals surface area contributed by atoms with Crippen molar-refractivity contribution in [3.8, 4) is 0 Å². The number of carbonyl (C=O) groups is 1. The minimum Gasteiger partial charge on any atom is -0.349 e. The molecule has 3 nitrogen and oxygen atoms in total. The first-order valence-electron chi connectivity index (χ1n) is 6.27. The summed E-state index contributed by atoms with van der Waals surface area (Å²) in [6, 6.07) is 9.43. The third-order valence-electron chi connectivity index (χ3n) is 2.98. The van der Waals surface area contributed by atoms with Crippen molar-refractivity contribution in [3.63, 3.8) is 0 Å². The van der Waals surface area contributed by atoms with Crippen molar-refractivity contribution in [3.05, 3.63) is 47.8 Å². The fourth-order valence-electron chi connectivity index (χ4n) is 2.16. The zero-order chi connectivity index (χ0) is 14.7. The summed E-state index contributed by atoms with van der Waals surface area (Å²) < 4.78 is 24.8. The van der Waals surface area contributed by atoms with Crippen LogP contribution in [0.15, 0.2) is 36.4 Å². The van der Waals surface area contributed by atoms with E-state index in [2.05, 4.69) is 5.32 Å². The number of hydrogen-bond acceptors (Lipinski definition) is 2. The van der Waals surface area contributed by atoms with Crippen molar-refractivity contribution in [1.82, 2.24) is 5.32 Å². The highest BCUT2D eigenvalue weighted by atomic mass is 32.2. The topological polar surface area (TPSA) is 46.2 Å². The van der Waals surface area contributed by atoms with E-state index in [0.29, 0.717) is 22.1 Å². The van der Waals surface area contributed by atoms with Gasteiger partial charge in [-0.15, -0.1) is 0 Å². The van der Waals surface area contributed by atoms with Crippen LogP contribution >= 0.6 is 0 Å². The van der Waals surface area contributed by atoms with Gasteiger partial charge in [0.15, 0.2) is 0 Å². The maximum atomic E-state index is 13.7. The molecule has 0 spiro atoms. The van der Waals surface area contributed by atoms with Crippen LogP contribution in [-0.4, -0.2) is 28.2 Å². The van der Waals surface area contributed by atoms with Crippen LogP contribution in [0.25, 0.3) is 10.8 Å². The summed E-state index contributed by atoms with van der Waals surface area (Å²) in [5, 5.41) is 3.79. The second-order valence-electron chi connectivity index (χ2n) is 4.75. The molecule has 106 valence electrons. The Morgan fingerprint density at radius 3 is 2.55 bits per heavy atom. The molecule has 0 radical (unpaired) electrons. The monoisotopic (exact) mass is 293 g/mol. The van der Waals surface area contributed by atoms with Gasteiger partial charge in [-0.3, -0.25) is 9.00 Å². The average Bonchev–Trinajstić information content (AvgIpc) is 2.38. The largest absolute Gasteiger partial charge is 0.349 e. The van der Waals surface area contributed by atoms with Crippen LogP contribution in [0.1, 0.15) is 17.3 Å². The number of halogens is 1. The van der Waals surface area contributed by atoms with Crippen LogP contribution in [-0.2, 0) is 10.8 Å². The molecule has 0 aliphatic carbocycles. The molecular formula is C15H16FNO2S. The standard InChI is InChI=1S/C15H16FNO2S/c1-10(9-20(2)19)17-15(18)13-7-8-14(16)12-6-4-3-5-11(12)13/h3-8,10H,9H2,1-2H3,(H,17,18). The van der Waals surface area contributed by atoms with Gasteiger partial charge in [0, 0.05) is 39.8 Å². The van der Waals surface area contributed by atoms with E-state index in [0.717, 1.165) is 0 Å². The smallest absolute Gasteiger partial charge is 0.252 e. The van der Waals surface area contributed by atoms with Crippen LogP contribution in [0.4, 0.5) is 4.39 Å². The zero-order valence-electron chi connectivity index (χ0n) is 11.4. The summed E-state index contributed by atoms with van der Waals surface area (Å²) in [7, 11) is -0.974. The Morgan fingerprint density at radius 2 is 1.90 bits per heavy atom. The van der Waals surface area contributed by atoms with Crippen molar-refractivity contribution in [1.29, 1.82) is 0 Å². The SMILES string of the molecule is CC(CS(C)=O)NC(=O)c1ccc(F)c2ccccc12. The number of nitrogens with one attached hydrogen (secondary N) is 1. The first kappa shape index (κ1) is 14.7. The molecule has 2 atom stereocenters. The van der Waals surface area contributed by atoms with Crippen LogP contribution in [0.3, 0.4) is 0 Å². The Kier molecular flexibility index (Phi) is 4.49. The van der Waals surface area contributed by atoms with Gasteiger partial charge < -0.3 is 5.32 Å². The average molecular weight is 293 g/mol. The predicted octanol–water partition coefficient (Wildman–Crippen LogP) is 2.48. The molecule has 5 heteroatoms. The van der Waals surface area contributed by atoms with Crippen LogP contribution in [0.2, 0.25) is 0 Å². The van der Waals surface area contributed by atoms with Gasteiger partial charge in [0.05, 0.1) is 0 Å². The quantitative estimate of drug-likeness (QED) is 0.941. The summed E-state index contributed by atoms with van der Waals surface area (Å²) in [6.45, 7) is 1.80. The van der Waals surface area contributed by atoms with Crippen molar-refractivity contribution in [2.24, 2.45) is 0 Å². The molecule has 0 bridgehead atoms. The van der Waals surface area contributed by atoms with Gasteiger partial charge in [0.1, 0.15) is 5.82 Å². The first-order valence-corrected chi connectivity index (χ1v) is 8.00. The van der Waals surface area contributed by atoms with Gasteiger partial charge in [-0.05, 0) is 24.4 Å². The van der Waals surface area contributed by atoms with E-state index < -0.39 is 10.8 Å². The fraction of sp³-hybridized carbons (Fsp3) is 0.267. The Labute approximate surface area is 119 Å². The predicted molar refractivity (Wildman–Crippen MR) is 79.8 cm³/mol. The highest BCUT2D eigenvalue weighted by molar-refractivity contribution is 7.84. The molecule has 2 unspecified atom stereocenters. The molecule has 0 saturated carbocycles. The molecule has 0 heterocycles. The van der Waals surface area contributed by atoms with Crippen LogP contribution < -0.4 is 5.32 Å². The van der Waals surface area contributed by atoms with Crippen molar-refractivity contribution < 1.29 is 13.4 Å². The zero-order valence-corrected chi connectivity index (χ0v) is 12.2. The highest BCUT2D eigenvalue weighted by Gasteiger charge is 2.14. The number of rotatable bonds is 4. The van der Waals surface area contributed by atoms with Crippen molar-refractivity contribution in [2.75, 3.05) is 12.0 Å². The third kappa shape index (κ3) is 3.22. The number of carbonyl (C=O) groups excluding carboxylic acids is 1. The minimum atomic E-state index is -0.974. The molecule has 1 amide bonds. The molecule has 0 aromatic heterocycles. The number of amides is 1. The van der Waals surface area contributed by atoms with Gasteiger partial charge in [-0.1, -0.05) is 24.3 Å². The number of benzene rings is 2. The molecule has 0 aliphatic heterocycles. The molecule has 2 aromatic rings. The van der Waals surface area contributed by atoms with E-state index in [-0.39, 0.29) is 17.8 Å². The van der Waals surface area contributed by atoms with Gasteiger partial charge >= 0.3 is 0 Å². The lowest BCUT2D eigenvalue weighted by Crippen LogP contribution is -2.36. The lowest BCUT2D eigenvalue weighted by molar-refractivity contribution is 0.0945. The highest BCUT2D eigenvalue weighted by Crippen LogP contribution is 2.21. The Balaban J connectivity index is 2.31. The molecule has 2 aromatic carbocycles. The van der Waals surface area contributed by atoms with Crippen LogP contribution in [0.5, 0.6) is 0 Å². The second-order valence-corrected chi connectivity index (χ2v) is 6.23. The molecule has 2 rings (SSSR count). The number of hydrogen-bond donors (Lipinski definition) is 1. The van der Waals surface area contributed by atoms with E-state index >= 15 is 0 Å². The van der Waals surface area contributed by atoms with E-state index in [1.54, 1.807) is 37.4 Å². The Bertz CT molecular complexity index is 672. The summed E-state index contributed by atoms with van der Waals surface area (Å²) in [5.41, 5.74) is 0.427. The van der Waals surface area contributed by atoms with E-state index in [4.69, 9.17) is 0 Å². The molecule has 0 fully saturated rings. The van der Waals surface area contributed by atoms with Gasteiger partial charge in [-0.25, -0.2) is 4.39 Å². The minimum absolute atomic E-state index is 0.197. The summed E-state index contributed by atoms with van der Waals surface area (Å²) in [5.74, 6) is -0.232. The normalized spacial score (nSPS) is 13.9. The third-order valence-corrected chi connectivity index (χ3v) is 3.95. The fourth-order valence-corrected chi connectivity index (χ4v) is 2.94. The van der Waals surface area contributed by atoms with Gasteiger partial charge in [0.2, 0.25) is 0 Å². The van der Waals surface area contributed by atoms with Crippen molar-refractivity contribution >= 4 is 27.5 Å². The molecule has 0 aliphatic rings. The summed E-state index contributed by atoms with van der Waals surface area (Å²) in [4.78, 5) is 12.2. The lowest BCUT2D eigenvalue weighted by Gasteiger charge is -2.13. The Hall–Kier alpha value is -1.75. The maximum Gasteiger partial charge on any atom is 0.252 e. The molecule has 20 heavy (non-hydrogen) atoms. The van der Waals surface area contributed by atoms with Gasteiger partial charge in [0.25, 0.3) is 5.91 Å². The molecular weight excluding hydrogens is 277 g/mol. The van der Waals surface area contributed by atoms with Gasteiger partial charge in [-0.2, -0.15) is 0 Å². The first-order chi connectivity index (χ1) is 9.49. The van der Waals surface area contributed by atoms with E-state index in [9.17, 15) is 13.4 Å². The Morgan fingerprint density at radius 1 is 1.25 bits per heavy atom. The molecule has 1 N–H and O–H groups in total. The van der Waals surface area contributed by atoms with Crippen LogP contribution in [0, 0.1) is 5.82 Å².